The van der Waals surface area contributed by atoms with Gasteiger partial charge in [0.15, 0.2) is 11.6 Å². The number of aryl methyl sites for hydroxylation is 1. The smallest absolute Gasteiger partial charge is 0.409 e. The second-order valence-electron chi connectivity index (χ2n) is 11.0. The number of amides is 3. The van der Waals surface area contributed by atoms with E-state index in [0.717, 1.165) is 18.4 Å². The molecule has 1 atom stereocenters. The number of aromatic nitrogens is 4. The SMILES string of the molecule is CCCCOC(=O)N1CCN(C(=O)[C@H](CCP(=O)(OCC)OCC)NC(=O)c2cc(-n3cc(C)cn3)nc(-c3ccccc3)n2)CC1. The van der Waals surface area contributed by atoms with Gasteiger partial charge < -0.3 is 28.9 Å². The van der Waals surface area contributed by atoms with E-state index in [2.05, 4.69) is 20.4 Å². The van der Waals surface area contributed by atoms with Crippen molar-refractivity contribution < 1.29 is 32.7 Å². The quantitative estimate of drug-likeness (QED) is 0.181. The molecule has 254 valence electrons. The Hall–Kier alpha value is -4.13. The predicted octanol–water partition coefficient (Wildman–Crippen LogP) is 4.47. The van der Waals surface area contributed by atoms with Crippen LogP contribution >= 0.6 is 7.60 Å². The summed E-state index contributed by atoms with van der Waals surface area (Å²) < 4.78 is 31.1. The molecule has 0 bridgehead atoms. The van der Waals surface area contributed by atoms with Crippen LogP contribution in [0, 0.1) is 6.92 Å². The van der Waals surface area contributed by atoms with Gasteiger partial charge in [0.2, 0.25) is 5.91 Å². The highest BCUT2D eigenvalue weighted by atomic mass is 31.2. The second kappa shape index (κ2) is 17.1. The van der Waals surface area contributed by atoms with Gasteiger partial charge in [-0.25, -0.2) is 19.4 Å². The average Bonchev–Trinajstić information content (AvgIpc) is 3.53. The molecule has 0 radical (unpaired) electrons. The van der Waals surface area contributed by atoms with Crippen LogP contribution in [0.25, 0.3) is 17.2 Å². The molecule has 2 aromatic heterocycles. The van der Waals surface area contributed by atoms with Crippen LogP contribution in [-0.2, 0) is 23.1 Å². The normalized spacial score (nSPS) is 14.1. The van der Waals surface area contributed by atoms with Crippen LogP contribution in [0.5, 0.6) is 0 Å². The summed E-state index contributed by atoms with van der Waals surface area (Å²) in [6.07, 6.45) is 4.64. The number of nitrogens with one attached hydrogen (secondary N) is 1. The average molecular weight is 670 g/mol. The fourth-order valence-electron chi connectivity index (χ4n) is 4.98. The van der Waals surface area contributed by atoms with Gasteiger partial charge in [-0.1, -0.05) is 43.7 Å². The van der Waals surface area contributed by atoms with Crippen molar-refractivity contribution in [3.8, 4) is 17.2 Å². The molecule has 1 aliphatic rings. The monoisotopic (exact) mass is 669 g/mol. The molecule has 0 saturated carbocycles. The Kier molecular flexibility index (Phi) is 13.0. The third-order valence-electron chi connectivity index (χ3n) is 7.44. The summed E-state index contributed by atoms with van der Waals surface area (Å²) in [4.78, 5) is 52.5. The van der Waals surface area contributed by atoms with Crippen molar-refractivity contribution in [2.24, 2.45) is 0 Å². The van der Waals surface area contributed by atoms with E-state index in [9.17, 15) is 18.9 Å². The van der Waals surface area contributed by atoms with Gasteiger partial charge in [-0.2, -0.15) is 5.10 Å². The zero-order chi connectivity index (χ0) is 33.8. The van der Waals surface area contributed by atoms with E-state index in [1.807, 2.05) is 44.2 Å². The molecule has 14 nitrogen and oxygen atoms in total. The summed E-state index contributed by atoms with van der Waals surface area (Å²) in [5.41, 5.74) is 1.63. The molecule has 1 aliphatic heterocycles. The molecule has 3 heterocycles. The van der Waals surface area contributed by atoms with Crippen LogP contribution < -0.4 is 5.32 Å². The Bertz CT molecular complexity index is 1530. The van der Waals surface area contributed by atoms with Crippen LogP contribution in [0.3, 0.4) is 0 Å². The minimum atomic E-state index is -3.53. The number of carbonyl (C=O) groups is 3. The lowest BCUT2D eigenvalue weighted by molar-refractivity contribution is -0.134. The number of ether oxygens (including phenoxy) is 1. The molecule has 15 heteroatoms. The van der Waals surface area contributed by atoms with Gasteiger partial charge in [0.05, 0.1) is 32.2 Å². The topological polar surface area (TPSA) is 158 Å². The Morgan fingerprint density at radius 3 is 2.28 bits per heavy atom. The van der Waals surface area contributed by atoms with Crippen molar-refractivity contribution in [1.29, 1.82) is 0 Å². The van der Waals surface area contributed by atoms with Crippen molar-refractivity contribution in [1.82, 2.24) is 34.9 Å². The van der Waals surface area contributed by atoms with E-state index in [4.69, 9.17) is 13.8 Å². The second-order valence-corrected chi connectivity index (χ2v) is 13.2. The van der Waals surface area contributed by atoms with Crippen molar-refractivity contribution in [3.63, 3.8) is 0 Å². The number of piperazine rings is 1. The molecule has 4 rings (SSSR count). The van der Waals surface area contributed by atoms with Crippen LogP contribution in [0.1, 0.15) is 56.1 Å². The highest BCUT2D eigenvalue weighted by Crippen LogP contribution is 2.48. The van der Waals surface area contributed by atoms with Gasteiger partial charge in [-0.15, -0.1) is 0 Å². The zero-order valence-corrected chi connectivity index (χ0v) is 28.4. The fourth-order valence-corrected chi connectivity index (χ4v) is 6.68. The molecule has 3 amide bonds. The molecule has 1 saturated heterocycles. The predicted molar refractivity (Wildman–Crippen MR) is 175 cm³/mol. The first-order valence-corrected chi connectivity index (χ1v) is 17.7. The molecule has 1 N–H and O–H groups in total. The molecule has 0 spiro atoms. The van der Waals surface area contributed by atoms with Gasteiger partial charge >= 0.3 is 13.7 Å². The number of hydrogen-bond donors (Lipinski definition) is 1. The molecule has 0 unspecified atom stereocenters. The highest BCUT2D eigenvalue weighted by molar-refractivity contribution is 7.53. The standard InChI is InChI=1S/C32H44N7O7P/c1-5-8-19-44-32(42)38-17-15-37(16-18-38)31(41)26(14-20-47(43,45-6-2)46-7-3)35-30(40)27-21-28(39-23-24(4)22-33-39)36-29(34-27)25-12-10-9-11-13-25/h9-13,21-23,26H,5-8,14-20H2,1-4H3,(H,35,40)/t26-/m0/s1. The molecular weight excluding hydrogens is 625 g/mol. The lowest BCUT2D eigenvalue weighted by Crippen LogP contribution is -2.56. The van der Waals surface area contributed by atoms with E-state index in [1.54, 1.807) is 40.7 Å². The fraction of sp³-hybridized carbons (Fsp3) is 0.500. The van der Waals surface area contributed by atoms with E-state index >= 15 is 0 Å². The van der Waals surface area contributed by atoms with E-state index in [-0.39, 0.29) is 63.6 Å². The summed E-state index contributed by atoms with van der Waals surface area (Å²) >= 11 is 0. The lowest BCUT2D eigenvalue weighted by atomic mass is 10.1. The third kappa shape index (κ3) is 9.93. The summed E-state index contributed by atoms with van der Waals surface area (Å²) in [7, 11) is -3.53. The van der Waals surface area contributed by atoms with E-state index in [0.29, 0.717) is 23.8 Å². The minimum Gasteiger partial charge on any atom is -0.449 e. The van der Waals surface area contributed by atoms with Crippen molar-refractivity contribution >= 4 is 25.5 Å². The van der Waals surface area contributed by atoms with Crippen molar-refractivity contribution in [2.75, 3.05) is 52.2 Å². The molecule has 1 fully saturated rings. The number of hydrogen-bond acceptors (Lipinski definition) is 10. The molecular formula is C32H44N7O7P. The minimum absolute atomic E-state index is 0.0110. The van der Waals surface area contributed by atoms with Crippen molar-refractivity contribution in [2.45, 2.75) is 53.0 Å². The van der Waals surface area contributed by atoms with Crippen LogP contribution in [0.4, 0.5) is 4.79 Å². The number of benzene rings is 1. The Labute approximate surface area is 275 Å². The maximum atomic E-state index is 13.9. The summed E-state index contributed by atoms with van der Waals surface area (Å²) in [6.45, 7) is 9.07. The first kappa shape index (κ1) is 35.7. The molecule has 0 aliphatic carbocycles. The third-order valence-corrected chi connectivity index (χ3v) is 9.55. The number of carbonyl (C=O) groups excluding carboxylic acids is 3. The summed E-state index contributed by atoms with van der Waals surface area (Å²) in [5.74, 6) is -0.312. The maximum Gasteiger partial charge on any atom is 0.409 e. The number of rotatable bonds is 15. The lowest BCUT2D eigenvalue weighted by Gasteiger charge is -2.36. The van der Waals surface area contributed by atoms with Gasteiger partial charge in [-0.3, -0.25) is 14.2 Å². The Balaban J connectivity index is 1.58. The van der Waals surface area contributed by atoms with Gasteiger partial charge in [0, 0.05) is 44.0 Å². The van der Waals surface area contributed by atoms with Gasteiger partial charge in [-0.05, 0) is 39.2 Å². The molecule has 3 aromatic rings. The summed E-state index contributed by atoms with van der Waals surface area (Å²) in [6, 6.07) is 9.65. The maximum absolute atomic E-state index is 13.9. The van der Waals surface area contributed by atoms with Crippen LogP contribution in [0.15, 0.2) is 48.8 Å². The van der Waals surface area contributed by atoms with Crippen molar-refractivity contribution in [3.05, 3.63) is 60.0 Å². The van der Waals surface area contributed by atoms with Gasteiger partial charge in [0.1, 0.15) is 11.7 Å². The van der Waals surface area contributed by atoms with Crippen LogP contribution in [-0.4, -0.2) is 106 Å². The zero-order valence-electron chi connectivity index (χ0n) is 27.5. The van der Waals surface area contributed by atoms with Gasteiger partial charge in [0.25, 0.3) is 5.91 Å². The first-order chi connectivity index (χ1) is 22.7. The van der Waals surface area contributed by atoms with Crippen LogP contribution in [0.2, 0.25) is 0 Å². The Morgan fingerprint density at radius 2 is 1.66 bits per heavy atom. The largest absolute Gasteiger partial charge is 0.449 e. The summed E-state index contributed by atoms with van der Waals surface area (Å²) in [5, 5.41) is 7.17. The first-order valence-electron chi connectivity index (χ1n) is 16.0. The van der Waals surface area contributed by atoms with E-state index in [1.165, 1.54) is 6.07 Å². The van der Waals surface area contributed by atoms with E-state index < -0.39 is 25.6 Å². The highest BCUT2D eigenvalue weighted by Gasteiger charge is 2.34. The number of nitrogens with zero attached hydrogens (tertiary/aromatic N) is 6. The number of unbranched alkanes of at least 4 members (excludes halogenated alkanes) is 1. The molecule has 1 aromatic carbocycles. The Morgan fingerprint density at radius 1 is 0.979 bits per heavy atom. The molecule has 47 heavy (non-hydrogen) atoms.